The van der Waals surface area contributed by atoms with Crippen LogP contribution in [0.25, 0.3) is 10.6 Å². The molecule has 5 rings (SSSR count). The van der Waals surface area contributed by atoms with Gasteiger partial charge in [0.1, 0.15) is 33.6 Å². The topological polar surface area (TPSA) is 117 Å². The van der Waals surface area contributed by atoms with E-state index in [0.29, 0.717) is 51.8 Å². The van der Waals surface area contributed by atoms with Crippen molar-refractivity contribution in [3.63, 3.8) is 0 Å². The number of rotatable bonds is 5. The molecule has 0 aliphatic heterocycles. The number of alkyl halides is 3. The summed E-state index contributed by atoms with van der Waals surface area (Å²) in [6.45, 7) is 1.82. The van der Waals surface area contributed by atoms with Crippen LogP contribution in [0.1, 0.15) is 50.5 Å². The second kappa shape index (κ2) is 9.93. The third-order valence-corrected chi connectivity index (χ3v) is 7.69. The molecular weight excluding hydrogens is 533 g/mol. The molecule has 4 aromatic rings. The molecule has 202 valence electrons. The van der Waals surface area contributed by atoms with Crippen LogP contribution in [0.3, 0.4) is 0 Å². The minimum Gasteiger partial charge on any atom is -0.507 e. The standard InChI is InChI=1S/C27H23F3N4O4S/c1-14-10-19(33-22(11-14)34-21-12-15(7-9-31-21)27(28,29)30)20-13-32-25(39-20)26(37)8-3-4-16-18(26)6-5-17(23(16)35)24(36)38-2/h5-7,9-13,35,37H,3-4,8H2,1-2H3,(H,31,33,34). The van der Waals surface area contributed by atoms with E-state index < -0.39 is 23.3 Å². The van der Waals surface area contributed by atoms with Crippen molar-refractivity contribution < 1.29 is 32.9 Å². The molecule has 0 fully saturated rings. The monoisotopic (exact) mass is 556 g/mol. The Morgan fingerprint density at radius 3 is 2.69 bits per heavy atom. The summed E-state index contributed by atoms with van der Waals surface area (Å²) in [4.78, 5) is 25.6. The number of nitrogens with one attached hydrogen (secondary N) is 1. The van der Waals surface area contributed by atoms with Gasteiger partial charge < -0.3 is 20.3 Å². The molecule has 0 saturated carbocycles. The highest BCUT2D eigenvalue weighted by Gasteiger charge is 2.41. The van der Waals surface area contributed by atoms with Crippen molar-refractivity contribution >= 4 is 28.9 Å². The van der Waals surface area contributed by atoms with Crippen LogP contribution in [0.4, 0.5) is 24.8 Å². The predicted octanol–water partition coefficient (Wildman–Crippen LogP) is 5.74. The zero-order valence-electron chi connectivity index (χ0n) is 20.8. The van der Waals surface area contributed by atoms with E-state index in [1.165, 1.54) is 24.5 Å². The van der Waals surface area contributed by atoms with E-state index in [1.54, 1.807) is 24.4 Å². The molecule has 3 heterocycles. The van der Waals surface area contributed by atoms with E-state index in [4.69, 9.17) is 4.74 Å². The van der Waals surface area contributed by atoms with E-state index in [9.17, 15) is 28.2 Å². The minimum atomic E-state index is -4.50. The fraction of sp³-hybridized carbons (Fsp3) is 0.259. The van der Waals surface area contributed by atoms with Gasteiger partial charge in [-0.05, 0) is 67.6 Å². The Balaban J connectivity index is 1.47. The van der Waals surface area contributed by atoms with Crippen LogP contribution in [0.2, 0.25) is 0 Å². The molecule has 1 aromatic carbocycles. The number of hydrogen-bond donors (Lipinski definition) is 3. The number of fused-ring (bicyclic) bond motifs is 1. The number of esters is 1. The highest BCUT2D eigenvalue weighted by atomic mass is 32.1. The van der Waals surface area contributed by atoms with Gasteiger partial charge in [0, 0.05) is 18.0 Å². The molecule has 0 bridgehead atoms. The number of aliphatic hydroxyl groups is 1. The first kappa shape index (κ1) is 26.6. The van der Waals surface area contributed by atoms with Gasteiger partial charge in [-0.1, -0.05) is 6.07 Å². The van der Waals surface area contributed by atoms with Crippen LogP contribution in [0.5, 0.6) is 5.75 Å². The summed E-state index contributed by atoms with van der Waals surface area (Å²) in [5, 5.41) is 25.7. The molecule has 8 nitrogen and oxygen atoms in total. The average molecular weight is 557 g/mol. The van der Waals surface area contributed by atoms with E-state index in [2.05, 4.69) is 20.3 Å². The van der Waals surface area contributed by atoms with Gasteiger partial charge in [-0.25, -0.2) is 19.7 Å². The smallest absolute Gasteiger partial charge is 0.416 e. The fourth-order valence-electron chi connectivity index (χ4n) is 4.68. The summed E-state index contributed by atoms with van der Waals surface area (Å²) in [6, 6.07) is 8.31. The normalized spacial score (nSPS) is 17.0. The third-order valence-electron chi connectivity index (χ3n) is 6.52. The minimum absolute atomic E-state index is 0.00174. The number of carbonyl (C=O) groups is 1. The molecule has 0 saturated heterocycles. The van der Waals surface area contributed by atoms with E-state index in [1.807, 2.05) is 6.92 Å². The molecule has 39 heavy (non-hydrogen) atoms. The van der Waals surface area contributed by atoms with Crippen molar-refractivity contribution in [2.45, 2.75) is 38.0 Å². The van der Waals surface area contributed by atoms with Crippen molar-refractivity contribution in [1.29, 1.82) is 0 Å². The summed E-state index contributed by atoms with van der Waals surface area (Å²) in [7, 11) is 1.23. The van der Waals surface area contributed by atoms with Gasteiger partial charge in [0.25, 0.3) is 0 Å². The van der Waals surface area contributed by atoms with Gasteiger partial charge in [0.05, 0.1) is 23.2 Å². The second-order valence-corrected chi connectivity index (χ2v) is 10.2. The lowest BCUT2D eigenvalue weighted by Crippen LogP contribution is -2.32. The van der Waals surface area contributed by atoms with Gasteiger partial charge in [-0.15, -0.1) is 11.3 Å². The first-order chi connectivity index (χ1) is 18.5. The summed E-state index contributed by atoms with van der Waals surface area (Å²) in [6.07, 6.45) is -0.463. The van der Waals surface area contributed by atoms with Crippen LogP contribution in [0, 0.1) is 6.92 Å². The lowest BCUT2D eigenvalue weighted by Gasteiger charge is -2.33. The molecule has 12 heteroatoms. The number of halogens is 3. The molecule has 0 spiro atoms. The van der Waals surface area contributed by atoms with Crippen LogP contribution in [0.15, 0.2) is 48.8 Å². The number of aryl methyl sites for hydroxylation is 1. The quantitative estimate of drug-likeness (QED) is 0.267. The maximum Gasteiger partial charge on any atom is 0.416 e. The van der Waals surface area contributed by atoms with Crippen molar-refractivity contribution in [2.75, 3.05) is 12.4 Å². The van der Waals surface area contributed by atoms with Gasteiger partial charge in [-0.3, -0.25) is 0 Å². The largest absolute Gasteiger partial charge is 0.507 e. The Labute approximate surface area is 225 Å². The Hall–Kier alpha value is -4.03. The van der Waals surface area contributed by atoms with Gasteiger partial charge >= 0.3 is 12.1 Å². The molecule has 3 N–H and O–H groups in total. The van der Waals surface area contributed by atoms with Crippen LogP contribution in [-0.2, 0) is 22.9 Å². The number of benzene rings is 1. The number of aromatic hydroxyl groups is 1. The number of methoxy groups -OCH3 is 1. The number of pyridine rings is 2. The lowest BCUT2D eigenvalue weighted by atomic mass is 9.78. The number of phenolic OH excluding ortho intramolecular Hbond substituents is 1. The van der Waals surface area contributed by atoms with Gasteiger partial charge in [0.15, 0.2) is 0 Å². The van der Waals surface area contributed by atoms with E-state index >= 15 is 0 Å². The Morgan fingerprint density at radius 1 is 1.15 bits per heavy atom. The number of aromatic nitrogens is 3. The number of ether oxygens (including phenoxy) is 1. The number of anilines is 2. The maximum atomic E-state index is 13.1. The maximum absolute atomic E-state index is 13.1. The SMILES string of the molecule is COC(=O)c1ccc2c(c1O)CCCC2(O)c1ncc(-c2cc(C)cc(Nc3cc(C(F)(F)F)ccn3)n2)s1. The predicted molar refractivity (Wildman–Crippen MR) is 138 cm³/mol. The molecule has 1 atom stereocenters. The number of carbonyl (C=O) groups excluding carboxylic acids is 1. The van der Waals surface area contributed by atoms with Crippen LogP contribution in [-0.4, -0.2) is 38.2 Å². The zero-order chi connectivity index (χ0) is 27.9. The Morgan fingerprint density at radius 2 is 1.95 bits per heavy atom. The molecular formula is C27H23F3N4O4S. The number of nitrogens with zero attached hydrogens (tertiary/aromatic N) is 3. The Bertz CT molecular complexity index is 1570. The molecule has 1 unspecified atom stereocenters. The second-order valence-electron chi connectivity index (χ2n) is 9.19. The first-order valence-corrected chi connectivity index (χ1v) is 12.7. The van der Waals surface area contributed by atoms with Crippen molar-refractivity contribution in [3.8, 4) is 16.3 Å². The highest BCUT2D eigenvalue weighted by molar-refractivity contribution is 7.15. The number of phenols is 1. The molecule has 3 aromatic heterocycles. The van der Waals surface area contributed by atoms with Crippen molar-refractivity contribution in [2.24, 2.45) is 0 Å². The van der Waals surface area contributed by atoms with Gasteiger partial charge in [-0.2, -0.15) is 13.2 Å². The number of hydrogen-bond acceptors (Lipinski definition) is 9. The third kappa shape index (κ3) is 5.04. The first-order valence-electron chi connectivity index (χ1n) is 11.9. The summed E-state index contributed by atoms with van der Waals surface area (Å²) in [5.74, 6) is -0.586. The fourth-order valence-corrected chi connectivity index (χ4v) is 5.69. The molecule has 0 amide bonds. The van der Waals surface area contributed by atoms with Crippen molar-refractivity contribution in [3.05, 3.63) is 81.6 Å². The summed E-state index contributed by atoms with van der Waals surface area (Å²) in [5.41, 5.74) is -0.0456. The van der Waals surface area contributed by atoms with Crippen molar-refractivity contribution in [1.82, 2.24) is 15.0 Å². The van der Waals surface area contributed by atoms with Crippen LogP contribution < -0.4 is 5.32 Å². The van der Waals surface area contributed by atoms with E-state index in [-0.39, 0.29) is 17.1 Å². The van der Waals surface area contributed by atoms with Gasteiger partial charge in [0.2, 0.25) is 0 Å². The van der Waals surface area contributed by atoms with E-state index in [0.717, 1.165) is 23.9 Å². The molecule has 1 aliphatic rings. The lowest BCUT2D eigenvalue weighted by molar-refractivity contribution is -0.137. The average Bonchev–Trinajstić information content (AvgIpc) is 3.40. The Kier molecular flexibility index (Phi) is 6.77. The summed E-state index contributed by atoms with van der Waals surface area (Å²) < 4.78 is 44.0. The molecule has 0 radical (unpaired) electrons. The summed E-state index contributed by atoms with van der Waals surface area (Å²) >= 11 is 1.22. The number of thiazole rings is 1. The van der Waals surface area contributed by atoms with Crippen LogP contribution >= 0.6 is 11.3 Å². The molecule has 1 aliphatic carbocycles. The highest BCUT2D eigenvalue weighted by Crippen LogP contribution is 2.46. The zero-order valence-corrected chi connectivity index (χ0v) is 21.7.